The first-order chi connectivity index (χ1) is 10.3. The number of nitrogens with two attached hydrogens (primary N) is 1. The molecule has 0 spiro atoms. The number of methoxy groups -OCH3 is 1. The Morgan fingerprint density at radius 2 is 2.14 bits per heavy atom. The van der Waals surface area contributed by atoms with Gasteiger partial charge < -0.3 is 9.64 Å². The summed E-state index contributed by atoms with van der Waals surface area (Å²) in [5.41, 5.74) is 1.34. The van der Waals surface area contributed by atoms with Gasteiger partial charge in [-0.2, -0.15) is 0 Å². The number of esters is 1. The Bertz CT molecular complexity index is 753. The summed E-state index contributed by atoms with van der Waals surface area (Å²) >= 11 is 1.37. The lowest BCUT2D eigenvalue weighted by atomic mass is 10.1. The first-order valence-corrected chi connectivity index (χ1v) is 9.30. The van der Waals surface area contributed by atoms with Crippen LogP contribution in [-0.2, 0) is 32.4 Å². The number of ether oxygens (including phenoxy) is 1. The summed E-state index contributed by atoms with van der Waals surface area (Å²) in [4.78, 5) is 26.7. The van der Waals surface area contributed by atoms with Crippen LogP contribution in [0.2, 0.25) is 0 Å². The summed E-state index contributed by atoms with van der Waals surface area (Å²) < 4.78 is 27.8. The number of hydrogen-bond acceptors (Lipinski definition) is 6. The summed E-state index contributed by atoms with van der Waals surface area (Å²) in [7, 11) is -2.49. The predicted octanol–water partition coefficient (Wildman–Crippen LogP) is 0.417. The van der Waals surface area contributed by atoms with Crippen LogP contribution in [0.25, 0.3) is 0 Å². The highest BCUT2D eigenvalue weighted by Crippen LogP contribution is 2.43. The molecule has 120 valence electrons. The van der Waals surface area contributed by atoms with E-state index in [-0.39, 0.29) is 18.9 Å². The van der Waals surface area contributed by atoms with E-state index in [9.17, 15) is 18.0 Å². The van der Waals surface area contributed by atoms with Crippen molar-refractivity contribution in [2.75, 3.05) is 18.6 Å². The minimum absolute atomic E-state index is 0.0128. The lowest BCUT2D eigenvalue weighted by Gasteiger charge is -2.16. The smallest absolute Gasteiger partial charge is 0.341 e. The highest BCUT2D eigenvalue weighted by molar-refractivity contribution is 7.89. The molecule has 1 unspecified atom stereocenters. The summed E-state index contributed by atoms with van der Waals surface area (Å²) in [5.74, 6) is -0.814. The van der Waals surface area contributed by atoms with Gasteiger partial charge in [0.05, 0.1) is 12.7 Å². The Balaban J connectivity index is 2.02. The van der Waals surface area contributed by atoms with E-state index in [1.807, 2.05) is 0 Å². The third kappa shape index (κ3) is 2.42. The van der Waals surface area contributed by atoms with Crippen LogP contribution in [0.1, 0.15) is 33.6 Å². The van der Waals surface area contributed by atoms with Crippen LogP contribution < -0.4 is 10.0 Å². The van der Waals surface area contributed by atoms with Crippen molar-refractivity contribution in [2.45, 2.75) is 30.9 Å². The predicted molar refractivity (Wildman–Crippen MR) is 81.5 cm³/mol. The minimum atomic E-state index is -3.78. The van der Waals surface area contributed by atoms with Crippen molar-refractivity contribution in [2.24, 2.45) is 5.14 Å². The Kier molecular flexibility index (Phi) is 3.74. The highest BCUT2D eigenvalue weighted by atomic mass is 32.2. The van der Waals surface area contributed by atoms with Gasteiger partial charge in [0, 0.05) is 17.8 Å². The van der Waals surface area contributed by atoms with Crippen molar-refractivity contribution in [3.05, 3.63) is 16.0 Å². The number of sulfonamides is 1. The molecular weight excluding hydrogens is 328 g/mol. The molecule has 1 atom stereocenters. The van der Waals surface area contributed by atoms with E-state index in [0.29, 0.717) is 10.6 Å². The molecule has 9 heteroatoms. The zero-order valence-corrected chi connectivity index (χ0v) is 13.6. The van der Waals surface area contributed by atoms with Crippen LogP contribution in [0.4, 0.5) is 5.00 Å². The third-order valence-electron chi connectivity index (χ3n) is 4.09. The Morgan fingerprint density at radius 1 is 1.41 bits per heavy atom. The molecule has 22 heavy (non-hydrogen) atoms. The number of anilines is 1. The van der Waals surface area contributed by atoms with Crippen molar-refractivity contribution in [3.63, 3.8) is 0 Å². The molecule has 3 rings (SSSR count). The first-order valence-electron chi connectivity index (χ1n) is 6.87. The molecule has 2 aliphatic rings. The van der Waals surface area contributed by atoms with Crippen LogP contribution in [-0.4, -0.2) is 39.2 Å². The molecule has 0 bridgehead atoms. The molecular formula is C13H16N2O5S2. The van der Waals surface area contributed by atoms with Gasteiger partial charge in [0.25, 0.3) is 0 Å². The van der Waals surface area contributed by atoms with Crippen LogP contribution in [0.3, 0.4) is 0 Å². The quantitative estimate of drug-likeness (QED) is 0.800. The van der Waals surface area contributed by atoms with E-state index in [1.54, 1.807) is 0 Å². The molecule has 2 heterocycles. The fourth-order valence-corrected chi connectivity index (χ4v) is 5.12. The Morgan fingerprint density at radius 3 is 2.73 bits per heavy atom. The van der Waals surface area contributed by atoms with Gasteiger partial charge in [0.1, 0.15) is 10.3 Å². The van der Waals surface area contributed by atoms with Crippen molar-refractivity contribution < 1.29 is 22.7 Å². The second kappa shape index (κ2) is 5.32. The molecule has 1 aromatic rings. The third-order valence-corrected chi connectivity index (χ3v) is 6.65. The number of fused-ring (bicyclic) bond motifs is 1. The number of nitrogens with zero attached hydrogens (tertiary/aromatic N) is 1. The summed E-state index contributed by atoms with van der Waals surface area (Å²) in [6.07, 6.45) is 2.46. The molecule has 1 fully saturated rings. The number of hydrogen-bond donors (Lipinski definition) is 1. The maximum Gasteiger partial charge on any atom is 0.341 e. The largest absolute Gasteiger partial charge is 0.465 e. The molecule has 1 amide bonds. The number of carbonyl (C=O) groups excluding carboxylic acids is 2. The number of carbonyl (C=O) groups is 2. The van der Waals surface area contributed by atoms with Crippen molar-refractivity contribution in [3.8, 4) is 0 Å². The zero-order chi connectivity index (χ0) is 16.1. The topological polar surface area (TPSA) is 107 Å². The SMILES string of the molecule is COC(=O)c1c(N2CC(S(N)(=O)=O)CC2=O)sc2c1CCC2. The van der Waals surface area contributed by atoms with Crippen molar-refractivity contribution >= 4 is 38.2 Å². The lowest BCUT2D eigenvalue weighted by molar-refractivity contribution is -0.117. The number of amides is 1. The standard InChI is InChI=1S/C13H16N2O5S2/c1-20-13(17)11-8-3-2-4-9(8)21-12(11)15-6-7(5-10(15)16)22(14,18)19/h7H,2-6H2,1H3,(H2,14,18,19). The van der Waals surface area contributed by atoms with Gasteiger partial charge >= 0.3 is 5.97 Å². The van der Waals surface area contributed by atoms with E-state index in [0.717, 1.165) is 29.7 Å². The van der Waals surface area contributed by atoms with Crippen molar-refractivity contribution in [1.29, 1.82) is 0 Å². The average molecular weight is 344 g/mol. The maximum absolute atomic E-state index is 12.2. The van der Waals surface area contributed by atoms with E-state index in [1.165, 1.54) is 23.3 Å². The highest BCUT2D eigenvalue weighted by Gasteiger charge is 2.41. The molecule has 0 aromatic carbocycles. The average Bonchev–Trinajstić information content (AvgIpc) is 3.09. The van der Waals surface area contributed by atoms with Gasteiger partial charge in [0.15, 0.2) is 0 Å². The normalized spacial score (nSPS) is 21.3. The lowest BCUT2D eigenvalue weighted by Crippen LogP contribution is -2.32. The summed E-state index contributed by atoms with van der Waals surface area (Å²) in [5, 5.41) is 4.71. The molecule has 1 saturated heterocycles. The van der Waals surface area contributed by atoms with Crippen LogP contribution in [0.15, 0.2) is 0 Å². The Labute approximate surface area is 132 Å². The molecule has 1 aliphatic heterocycles. The fourth-order valence-electron chi connectivity index (χ4n) is 2.98. The van der Waals surface area contributed by atoms with E-state index < -0.39 is 21.2 Å². The second-order valence-electron chi connectivity index (χ2n) is 5.45. The number of rotatable bonds is 3. The number of aryl methyl sites for hydroxylation is 1. The Hall–Kier alpha value is -1.45. The van der Waals surface area contributed by atoms with E-state index >= 15 is 0 Å². The van der Waals surface area contributed by atoms with Gasteiger partial charge in [-0.1, -0.05) is 0 Å². The zero-order valence-electron chi connectivity index (χ0n) is 12.0. The van der Waals surface area contributed by atoms with Crippen LogP contribution >= 0.6 is 11.3 Å². The van der Waals surface area contributed by atoms with Gasteiger partial charge in [-0.05, 0) is 24.8 Å². The molecule has 1 aromatic heterocycles. The molecule has 1 aliphatic carbocycles. The van der Waals surface area contributed by atoms with Gasteiger partial charge in [-0.3, -0.25) is 4.79 Å². The van der Waals surface area contributed by atoms with Crippen molar-refractivity contribution in [1.82, 2.24) is 0 Å². The maximum atomic E-state index is 12.2. The van der Waals surface area contributed by atoms with Crippen LogP contribution in [0, 0.1) is 0 Å². The molecule has 0 saturated carbocycles. The molecule has 7 nitrogen and oxygen atoms in total. The summed E-state index contributed by atoms with van der Waals surface area (Å²) in [6.45, 7) is -0.0128. The first kappa shape index (κ1) is 15.4. The minimum Gasteiger partial charge on any atom is -0.465 e. The number of thiophene rings is 1. The number of primary sulfonamides is 1. The molecule has 2 N–H and O–H groups in total. The van der Waals surface area contributed by atoms with E-state index in [4.69, 9.17) is 9.88 Å². The van der Waals surface area contributed by atoms with Gasteiger partial charge in [0.2, 0.25) is 15.9 Å². The van der Waals surface area contributed by atoms with Gasteiger partial charge in [-0.15, -0.1) is 11.3 Å². The van der Waals surface area contributed by atoms with E-state index in [2.05, 4.69) is 0 Å². The van der Waals surface area contributed by atoms with Crippen LogP contribution in [0.5, 0.6) is 0 Å². The van der Waals surface area contributed by atoms with Gasteiger partial charge in [-0.25, -0.2) is 18.4 Å². The fraction of sp³-hybridized carbons (Fsp3) is 0.538. The summed E-state index contributed by atoms with van der Waals surface area (Å²) in [6, 6.07) is 0. The molecule has 0 radical (unpaired) electrons. The second-order valence-corrected chi connectivity index (χ2v) is 8.38. The monoisotopic (exact) mass is 344 g/mol.